The summed E-state index contributed by atoms with van der Waals surface area (Å²) in [4.78, 5) is 8.67. The highest BCUT2D eigenvalue weighted by atomic mass is 19.4. The molecule has 0 fully saturated rings. The monoisotopic (exact) mass is 517 g/mol. The largest absolute Gasteiger partial charge is 0.484 e. The molecule has 1 unspecified atom stereocenters. The zero-order valence-electron chi connectivity index (χ0n) is 20.2. The van der Waals surface area contributed by atoms with Crippen LogP contribution in [0, 0.1) is 12.7 Å². The molecule has 0 bridgehead atoms. The first kappa shape index (κ1) is 26.1. The quantitative estimate of drug-likeness (QED) is 0.216. The van der Waals surface area contributed by atoms with Crippen molar-refractivity contribution in [3.63, 3.8) is 0 Å². The first-order chi connectivity index (χ1) is 17.7. The Kier molecular flexibility index (Phi) is 8.04. The standard InChI is InChI=1S/C25H27F4N7O/c1-3-7-20(37-15-25(27,28)29)10-6-9-18-8-4-5-13-35-23(18)33-24(34-35)32-19-11-12-22(21(26)14-19)36-17(2)30-16-31-36/h3,6-7,10-12,14,16,18H,1,4-5,8-9,13,15H2,2H3,(H,32,34). The van der Waals surface area contributed by atoms with Crippen LogP contribution in [0.15, 0.2) is 61.2 Å². The molecule has 1 aliphatic rings. The lowest BCUT2D eigenvalue weighted by Crippen LogP contribution is -2.16. The van der Waals surface area contributed by atoms with Crippen LogP contribution in [0.4, 0.5) is 29.2 Å². The molecule has 196 valence electrons. The number of anilines is 2. The first-order valence-electron chi connectivity index (χ1n) is 11.8. The van der Waals surface area contributed by atoms with Gasteiger partial charge in [0.2, 0.25) is 5.95 Å². The molecule has 0 amide bonds. The third kappa shape index (κ3) is 6.83. The van der Waals surface area contributed by atoms with Gasteiger partial charge in [-0.3, -0.25) is 0 Å². The lowest BCUT2D eigenvalue weighted by Gasteiger charge is -2.12. The minimum atomic E-state index is -4.42. The number of rotatable bonds is 9. The molecule has 12 heteroatoms. The van der Waals surface area contributed by atoms with Crippen molar-refractivity contribution in [2.45, 2.75) is 51.2 Å². The Morgan fingerprint density at radius 2 is 2.14 bits per heavy atom. The number of benzene rings is 1. The van der Waals surface area contributed by atoms with Gasteiger partial charge in [0.15, 0.2) is 12.4 Å². The molecule has 37 heavy (non-hydrogen) atoms. The molecule has 4 rings (SSSR count). The Labute approximate surface area is 211 Å². The number of fused-ring (bicyclic) bond motifs is 1. The van der Waals surface area contributed by atoms with Crippen molar-refractivity contribution in [3.8, 4) is 5.69 Å². The lowest BCUT2D eigenvalue weighted by atomic mass is 9.98. The highest BCUT2D eigenvalue weighted by molar-refractivity contribution is 5.56. The van der Waals surface area contributed by atoms with Crippen molar-refractivity contribution in [1.82, 2.24) is 29.5 Å². The van der Waals surface area contributed by atoms with Crippen molar-refractivity contribution < 1.29 is 22.3 Å². The molecule has 8 nitrogen and oxygen atoms in total. The molecule has 3 heterocycles. The number of aromatic nitrogens is 6. The number of ether oxygens (including phenoxy) is 1. The highest BCUT2D eigenvalue weighted by Crippen LogP contribution is 2.30. The molecular weight excluding hydrogens is 490 g/mol. The maximum absolute atomic E-state index is 14.8. The molecule has 1 atom stereocenters. The van der Waals surface area contributed by atoms with E-state index in [2.05, 4.69) is 32.1 Å². The molecule has 0 saturated carbocycles. The van der Waals surface area contributed by atoms with E-state index in [4.69, 9.17) is 4.74 Å². The lowest BCUT2D eigenvalue weighted by molar-refractivity contribution is -0.163. The number of allylic oxidation sites excluding steroid dienone is 4. The zero-order chi connectivity index (χ0) is 26.4. The highest BCUT2D eigenvalue weighted by Gasteiger charge is 2.28. The van der Waals surface area contributed by atoms with E-state index < -0.39 is 18.6 Å². The van der Waals surface area contributed by atoms with Crippen LogP contribution in [0.1, 0.15) is 43.3 Å². The van der Waals surface area contributed by atoms with E-state index in [1.807, 2.05) is 4.68 Å². The van der Waals surface area contributed by atoms with Crippen molar-refractivity contribution in [2.75, 3.05) is 11.9 Å². The summed E-state index contributed by atoms with van der Waals surface area (Å²) < 4.78 is 60.4. The molecule has 0 saturated heterocycles. The normalized spacial score (nSPS) is 16.5. The van der Waals surface area contributed by atoms with Crippen molar-refractivity contribution in [1.29, 1.82) is 0 Å². The van der Waals surface area contributed by atoms with E-state index in [9.17, 15) is 17.6 Å². The average Bonchev–Trinajstić information content (AvgIpc) is 3.39. The first-order valence-corrected chi connectivity index (χ1v) is 11.8. The number of nitrogens with one attached hydrogen (secondary N) is 1. The van der Waals surface area contributed by atoms with E-state index >= 15 is 0 Å². The van der Waals surface area contributed by atoms with E-state index in [-0.39, 0.29) is 17.4 Å². The molecule has 2 aromatic heterocycles. The van der Waals surface area contributed by atoms with E-state index in [0.717, 1.165) is 25.1 Å². The predicted octanol–water partition coefficient (Wildman–Crippen LogP) is 5.91. The molecule has 0 spiro atoms. The third-order valence-electron chi connectivity index (χ3n) is 5.78. The summed E-state index contributed by atoms with van der Waals surface area (Å²) in [5.74, 6) is 1.30. The van der Waals surface area contributed by atoms with Gasteiger partial charge in [-0.1, -0.05) is 25.2 Å². The molecule has 3 aromatic rings. The molecule has 1 aromatic carbocycles. The minimum absolute atomic E-state index is 0.0174. The van der Waals surface area contributed by atoms with Gasteiger partial charge in [0.05, 0.1) is 0 Å². The van der Waals surface area contributed by atoms with Crippen LogP contribution >= 0.6 is 0 Å². The summed E-state index contributed by atoms with van der Waals surface area (Å²) in [5.41, 5.74) is 0.766. The summed E-state index contributed by atoms with van der Waals surface area (Å²) in [6, 6.07) is 4.65. The summed E-state index contributed by atoms with van der Waals surface area (Å²) >= 11 is 0. The van der Waals surface area contributed by atoms with Crippen molar-refractivity contribution >= 4 is 11.6 Å². The Balaban J connectivity index is 1.46. The molecule has 0 aliphatic carbocycles. The Bertz CT molecular complexity index is 1290. The van der Waals surface area contributed by atoms with Gasteiger partial charge in [0, 0.05) is 18.2 Å². The SMILES string of the molecule is C=CC=C(C=CCC1CCCCn2nc(Nc3ccc(-n4ncnc4C)c(F)c3)nc21)OCC(F)(F)F. The van der Waals surface area contributed by atoms with Gasteiger partial charge >= 0.3 is 6.18 Å². The van der Waals surface area contributed by atoms with Gasteiger partial charge in [-0.15, -0.1) is 5.10 Å². The Morgan fingerprint density at radius 1 is 1.30 bits per heavy atom. The molecular formula is C25H27F4N7O. The fraction of sp³-hybridized carbons (Fsp3) is 0.360. The van der Waals surface area contributed by atoms with Crippen LogP contribution in [0.5, 0.6) is 0 Å². The zero-order valence-corrected chi connectivity index (χ0v) is 20.2. The topological polar surface area (TPSA) is 82.7 Å². The minimum Gasteiger partial charge on any atom is -0.484 e. The predicted molar refractivity (Wildman–Crippen MR) is 130 cm³/mol. The van der Waals surface area contributed by atoms with Gasteiger partial charge in [-0.2, -0.15) is 23.3 Å². The summed E-state index contributed by atoms with van der Waals surface area (Å²) in [7, 11) is 0. The molecule has 1 N–H and O–H groups in total. The Hall–Kier alpha value is -3.96. The number of nitrogens with zero attached hydrogens (tertiary/aromatic N) is 6. The number of hydrogen-bond donors (Lipinski definition) is 1. The van der Waals surface area contributed by atoms with Crippen LogP contribution < -0.4 is 5.32 Å². The van der Waals surface area contributed by atoms with Gasteiger partial charge in [0.1, 0.15) is 29.4 Å². The maximum Gasteiger partial charge on any atom is 0.422 e. The van der Waals surface area contributed by atoms with E-state index in [0.29, 0.717) is 30.4 Å². The number of alkyl halides is 3. The van der Waals surface area contributed by atoms with Crippen LogP contribution in [0.2, 0.25) is 0 Å². The number of aryl methyl sites for hydroxylation is 2. The maximum atomic E-state index is 14.8. The van der Waals surface area contributed by atoms with Gasteiger partial charge in [-0.25, -0.2) is 18.7 Å². The average molecular weight is 518 g/mol. The summed E-state index contributed by atoms with van der Waals surface area (Å²) in [6.45, 7) is 4.58. The summed E-state index contributed by atoms with van der Waals surface area (Å²) in [6.07, 6.45) is 6.28. The van der Waals surface area contributed by atoms with Crippen molar-refractivity contribution in [3.05, 3.63) is 78.6 Å². The summed E-state index contributed by atoms with van der Waals surface area (Å²) in [5, 5.41) is 11.6. The second-order valence-electron chi connectivity index (χ2n) is 8.57. The Morgan fingerprint density at radius 3 is 2.84 bits per heavy atom. The van der Waals surface area contributed by atoms with E-state index in [1.54, 1.807) is 25.1 Å². The fourth-order valence-corrected chi connectivity index (χ4v) is 4.08. The van der Waals surface area contributed by atoms with Crippen LogP contribution in [-0.4, -0.2) is 42.3 Å². The van der Waals surface area contributed by atoms with Crippen LogP contribution in [0.25, 0.3) is 5.69 Å². The van der Waals surface area contributed by atoms with Gasteiger partial charge < -0.3 is 10.1 Å². The third-order valence-corrected chi connectivity index (χ3v) is 5.78. The van der Waals surface area contributed by atoms with Crippen LogP contribution in [0.3, 0.4) is 0 Å². The van der Waals surface area contributed by atoms with Gasteiger partial charge in [0.25, 0.3) is 0 Å². The van der Waals surface area contributed by atoms with Crippen molar-refractivity contribution in [2.24, 2.45) is 0 Å². The second-order valence-corrected chi connectivity index (χ2v) is 8.57. The smallest absolute Gasteiger partial charge is 0.422 e. The molecule has 0 radical (unpaired) electrons. The van der Waals surface area contributed by atoms with Gasteiger partial charge in [-0.05, 0) is 56.5 Å². The van der Waals surface area contributed by atoms with E-state index in [1.165, 1.54) is 35.3 Å². The second kappa shape index (κ2) is 11.4. The fourth-order valence-electron chi connectivity index (χ4n) is 4.08. The van der Waals surface area contributed by atoms with Crippen LogP contribution in [-0.2, 0) is 11.3 Å². The number of hydrogen-bond acceptors (Lipinski definition) is 6. The number of halogens is 4. The molecule has 1 aliphatic heterocycles.